The molecule has 0 bridgehead atoms. The van der Waals surface area contributed by atoms with E-state index in [4.69, 9.17) is 23.2 Å². The third-order valence-corrected chi connectivity index (χ3v) is 4.27. The zero-order valence-electron chi connectivity index (χ0n) is 15.0. The molecule has 0 aliphatic heterocycles. The van der Waals surface area contributed by atoms with Crippen LogP contribution in [-0.4, -0.2) is 24.0 Å². The summed E-state index contributed by atoms with van der Waals surface area (Å²) in [4.78, 5) is 18.8. The SMILES string of the molecule is CCCN(CCC)c1ccc(NC(=O)/C=C/c2ccc(Cl)cc2Cl)cn1. The first-order chi connectivity index (χ1) is 12.5. The van der Waals surface area contributed by atoms with Gasteiger partial charge in [-0.15, -0.1) is 0 Å². The second kappa shape index (κ2) is 10.2. The van der Waals surface area contributed by atoms with Crippen molar-refractivity contribution in [3.63, 3.8) is 0 Å². The molecule has 1 N–H and O–H groups in total. The first kappa shape index (κ1) is 20.3. The minimum atomic E-state index is -0.246. The van der Waals surface area contributed by atoms with E-state index in [0.29, 0.717) is 15.7 Å². The summed E-state index contributed by atoms with van der Waals surface area (Å²) in [6.07, 6.45) is 6.90. The number of hydrogen-bond acceptors (Lipinski definition) is 3. The Labute approximate surface area is 164 Å². The number of carbonyl (C=O) groups excluding carboxylic acids is 1. The summed E-state index contributed by atoms with van der Waals surface area (Å²) in [6, 6.07) is 8.93. The fraction of sp³-hybridized carbons (Fsp3) is 0.300. The first-order valence-corrected chi connectivity index (χ1v) is 9.44. The Morgan fingerprint density at radius 3 is 2.46 bits per heavy atom. The van der Waals surface area contributed by atoms with E-state index in [-0.39, 0.29) is 5.91 Å². The average molecular weight is 392 g/mol. The second-order valence-electron chi connectivity index (χ2n) is 5.88. The monoisotopic (exact) mass is 391 g/mol. The van der Waals surface area contributed by atoms with Crippen LogP contribution in [0.2, 0.25) is 10.0 Å². The molecule has 6 heteroatoms. The van der Waals surface area contributed by atoms with Gasteiger partial charge in [-0.1, -0.05) is 43.1 Å². The Balaban J connectivity index is 1.99. The number of halogens is 2. The van der Waals surface area contributed by atoms with Gasteiger partial charge in [-0.25, -0.2) is 4.98 Å². The minimum absolute atomic E-state index is 0.246. The van der Waals surface area contributed by atoms with Gasteiger partial charge in [0.2, 0.25) is 5.91 Å². The van der Waals surface area contributed by atoms with Crippen molar-refractivity contribution in [2.75, 3.05) is 23.3 Å². The second-order valence-corrected chi connectivity index (χ2v) is 6.72. The highest BCUT2D eigenvalue weighted by Crippen LogP contribution is 2.22. The lowest BCUT2D eigenvalue weighted by molar-refractivity contribution is -0.111. The van der Waals surface area contributed by atoms with Crippen LogP contribution in [-0.2, 0) is 4.79 Å². The van der Waals surface area contributed by atoms with Crippen molar-refractivity contribution >= 4 is 46.7 Å². The van der Waals surface area contributed by atoms with Gasteiger partial charge in [-0.05, 0) is 48.7 Å². The van der Waals surface area contributed by atoms with Crippen molar-refractivity contribution in [3.05, 3.63) is 58.2 Å². The summed E-state index contributed by atoms with van der Waals surface area (Å²) in [5.74, 6) is 0.680. The van der Waals surface area contributed by atoms with Crippen LogP contribution < -0.4 is 10.2 Å². The molecular weight excluding hydrogens is 369 g/mol. The molecule has 0 fully saturated rings. The highest BCUT2D eigenvalue weighted by Gasteiger charge is 2.06. The van der Waals surface area contributed by atoms with E-state index in [0.717, 1.165) is 37.3 Å². The van der Waals surface area contributed by atoms with Crippen molar-refractivity contribution in [2.45, 2.75) is 26.7 Å². The highest BCUT2D eigenvalue weighted by molar-refractivity contribution is 6.35. The largest absolute Gasteiger partial charge is 0.357 e. The predicted molar refractivity (Wildman–Crippen MR) is 111 cm³/mol. The van der Waals surface area contributed by atoms with E-state index in [1.165, 1.54) is 6.08 Å². The van der Waals surface area contributed by atoms with Crippen molar-refractivity contribution in [3.8, 4) is 0 Å². The van der Waals surface area contributed by atoms with Crippen LogP contribution >= 0.6 is 23.2 Å². The third-order valence-electron chi connectivity index (χ3n) is 3.70. The summed E-state index contributed by atoms with van der Waals surface area (Å²) in [5.41, 5.74) is 1.38. The zero-order chi connectivity index (χ0) is 18.9. The summed E-state index contributed by atoms with van der Waals surface area (Å²) < 4.78 is 0. The molecule has 1 heterocycles. The van der Waals surface area contributed by atoms with Gasteiger partial charge in [0.05, 0.1) is 11.9 Å². The quantitative estimate of drug-likeness (QED) is 0.589. The number of rotatable bonds is 8. The fourth-order valence-corrected chi connectivity index (χ4v) is 2.99. The molecule has 138 valence electrons. The number of hydrogen-bond donors (Lipinski definition) is 1. The molecule has 0 aliphatic rings. The normalized spacial score (nSPS) is 10.9. The van der Waals surface area contributed by atoms with Crippen molar-refractivity contribution < 1.29 is 4.79 Å². The number of nitrogens with one attached hydrogen (secondary N) is 1. The Morgan fingerprint density at radius 2 is 1.88 bits per heavy atom. The van der Waals surface area contributed by atoms with Gasteiger partial charge in [0.15, 0.2) is 0 Å². The summed E-state index contributed by atoms with van der Waals surface area (Å²) in [5, 5.41) is 3.86. The molecule has 2 rings (SSSR count). The summed E-state index contributed by atoms with van der Waals surface area (Å²) in [7, 11) is 0. The van der Waals surface area contributed by atoms with Gasteiger partial charge in [-0.3, -0.25) is 4.79 Å². The Morgan fingerprint density at radius 1 is 1.15 bits per heavy atom. The maximum atomic E-state index is 12.1. The smallest absolute Gasteiger partial charge is 0.248 e. The summed E-state index contributed by atoms with van der Waals surface area (Å²) in [6.45, 7) is 6.24. The maximum absolute atomic E-state index is 12.1. The molecule has 26 heavy (non-hydrogen) atoms. The van der Waals surface area contributed by atoms with Gasteiger partial charge in [0, 0.05) is 29.2 Å². The van der Waals surface area contributed by atoms with E-state index in [9.17, 15) is 4.79 Å². The Kier molecular flexibility index (Phi) is 7.95. The van der Waals surface area contributed by atoms with Crippen LogP contribution in [0.3, 0.4) is 0 Å². The fourth-order valence-electron chi connectivity index (χ4n) is 2.51. The van der Waals surface area contributed by atoms with Gasteiger partial charge in [0.1, 0.15) is 5.82 Å². The third kappa shape index (κ3) is 6.04. The van der Waals surface area contributed by atoms with Gasteiger partial charge < -0.3 is 10.2 Å². The van der Waals surface area contributed by atoms with Crippen molar-refractivity contribution in [1.82, 2.24) is 4.98 Å². The average Bonchev–Trinajstić information content (AvgIpc) is 2.61. The van der Waals surface area contributed by atoms with Crippen LogP contribution in [0.25, 0.3) is 6.08 Å². The van der Waals surface area contributed by atoms with Gasteiger partial charge in [-0.2, -0.15) is 0 Å². The lowest BCUT2D eigenvalue weighted by Crippen LogP contribution is -2.25. The number of benzene rings is 1. The van der Waals surface area contributed by atoms with Crippen LogP contribution in [0.4, 0.5) is 11.5 Å². The van der Waals surface area contributed by atoms with Crippen molar-refractivity contribution in [2.24, 2.45) is 0 Å². The molecule has 1 amide bonds. The summed E-state index contributed by atoms with van der Waals surface area (Å²) >= 11 is 12.0. The number of nitrogens with zero attached hydrogens (tertiary/aromatic N) is 2. The van der Waals surface area contributed by atoms with Crippen LogP contribution in [0, 0.1) is 0 Å². The standard InChI is InChI=1S/C20H23Cl2N3O/c1-3-11-25(12-4-2)19-9-8-17(14-23-19)24-20(26)10-6-15-5-7-16(21)13-18(15)22/h5-10,13-14H,3-4,11-12H2,1-2H3,(H,24,26)/b10-6+. The molecule has 1 aromatic heterocycles. The molecule has 0 unspecified atom stereocenters. The van der Waals surface area contributed by atoms with E-state index >= 15 is 0 Å². The molecule has 0 spiro atoms. The number of pyridine rings is 1. The van der Waals surface area contributed by atoms with E-state index in [1.807, 2.05) is 12.1 Å². The minimum Gasteiger partial charge on any atom is -0.357 e. The van der Waals surface area contributed by atoms with Crippen LogP contribution in [0.15, 0.2) is 42.6 Å². The first-order valence-electron chi connectivity index (χ1n) is 8.68. The van der Waals surface area contributed by atoms with Crippen LogP contribution in [0.5, 0.6) is 0 Å². The lowest BCUT2D eigenvalue weighted by Gasteiger charge is -2.22. The van der Waals surface area contributed by atoms with Gasteiger partial charge in [0.25, 0.3) is 0 Å². The number of anilines is 2. The highest BCUT2D eigenvalue weighted by atomic mass is 35.5. The Hall–Kier alpha value is -2.04. The van der Waals surface area contributed by atoms with Crippen molar-refractivity contribution in [1.29, 1.82) is 0 Å². The number of amides is 1. The number of carbonyl (C=O) groups is 1. The molecule has 4 nitrogen and oxygen atoms in total. The molecule has 0 aliphatic carbocycles. The molecular formula is C20H23Cl2N3O. The molecule has 0 radical (unpaired) electrons. The lowest BCUT2D eigenvalue weighted by atomic mass is 10.2. The Bertz CT molecular complexity index is 754. The maximum Gasteiger partial charge on any atom is 0.248 e. The molecule has 0 saturated carbocycles. The van der Waals surface area contributed by atoms with Gasteiger partial charge >= 0.3 is 0 Å². The number of aromatic nitrogens is 1. The zero-order valence-corrected chi connectivity index (χ0v) is 16.5. The molecule has 0 atom stereocenters. The van der Waals surface area contributed by atoms with Crippen LogP contribution in [0.1, 0.15) is 32.3 Å². The topological polar surface area (TPSA) is 45.2 Å². The van der Waals surface area contributed by atoms with E-state index < -0.39 is 0 Å². The van der Waals surface area contributed by atoms with E-state index in [2.05, 4.69) is 29.0 Å². The van der Waals surface area contributed by atoms with E-state index in [1.54, 1.807) is 30.5 Å². The molecule has 2 aromatic rings. The predicted octanol–water partition coefficient (Wildman–Crippen LogP) is 5.67. The molecule has 1 aromatic carbocycles. The molecule has 0 saturated heterocycles.